The molecule has 1 nitrogen and oxygen atoms in total. The standard InChI is InChI=1S/C12H13BrOS/c13-11-3-1-9(2-4-11)12(14)10-5-7-15-8-6-10/h1-4,10H,5-8H2. The molecule has 0 aromatic heterocycles. The van der Waals surface area contributed by atoms with Crippen LogP contribution in [0.1, 0.15) is 23.2 Å². The van der Waals surface area contributed by atoms with E-state index in [2.05, 4.69) is 15.9 Å². The molecule has 2 rings (SSSR count). The maximum absolute atomic E-state index is 12.1. The Morgan fingerprint density at radius 3 is 2.40 bits per heavy atom. The van der Waals surface area contributed by atoms with Crippen molar-refractivity contribution in [3.05, 3.63) is 34.3 Å². The first-order valence-corrected chi connectivity index (χ1v) is 7.09. The molecular formula is C12H13BrOS. The number of carbonyl (C=O) groups is 1. The second-order valence-electron chi connectivity index (χ2n) is 3.76. The van der Waals surface area contributed by atoms with E-state index in [1.165, 1.54) is 0 Å². The molecule has 1 saturated heterocycles. The largest absolute Gasteiger partial charge is 0.294 e. The summed E-state index contributed by atoms with van der Waals surface area (Å²) in [5, 5.41) is 0. The van der Waals surface area contributed by atoms with Crippen molar-refractivity contribution >= 4 is 33.5 Å². The van der Waals surface area contributed by atoms with Gasteiger partial charge in [-0.1, -0.05) is 28.1 Å². The first-order chi connectivity index (χ1) is 7.27. The van der Waals surface area contributed by atoms with Crippen LogP contribution in [0.5, 0.6) is 0 Å². The van der Waals surface area contributed by atoms with Gasteiger partial charge in [0.15, 0.2) is 5.78 Å². The van der Waals surface area contributed by atoms with Gasteiger partial charge in [-0.25, -0.2) is 0 Å². The zero-order valence-corrected chi connectivity index (χ0v) is 10.8. The highest BCUT2D eigenvalue weighted by Gasteiger charge is 2.22. The molecule has 1 aliphatic rings. The third-order valence-electron chi connectivity index (χ3n) is 2.72. The zero-order chi connectivity index (χ0) is 10.7. The van der Waals surface area contributed by atoms with Gasteiger partial charge in [0, 0.05) is 16.0 Å². The topological polar surface area (TPSA) is 17.1 Å². The highest BCUT2D eigenvalue weighted by molar-refractivity contribution is 9.10. The number of ketones is 1. The van der Waals surface area contributed by atoms with Crippen LogP contribution in [0.15, 0.2) is 28.7 Å². The lowest BCUT2D eigenvalue weighted by atomic mass is 9.93. The van der Waals surface area contributed by atoms with E-state index in [9.17, 15) is 4.79 Å². The molecule has 0 aliphatic carbocycles. The van der Waals surface area contributed by atoms with Crippen LogP contribution in [-0.2, 0) is 0 Å². The summed E-state index contributed by atoms with van der Waals surface area (Å²) in [4.78, 5) is 12.1. The Hall–Kier alpha value is -0.280. The number of thioether (sulfide) groups is 1. The van der Waals surface area contributed by atoms with Crippen LogP contribution in [0.4, 0.5) is 0 Å². The molecule has 80 valence electrons. The number of carbonyl (C=O) groups excluding carboxylic acids is 1. The van der Waals surface area contributed by atoms with Gasteiger partial charge in [-0.05, 0) is 36.5 Å². The average Bonchev–Trinajstić information content (AvgIpc) is 2.30. The predicted octanol–water partition coefficient (Wildman–Crippen LogP) is 3.78. The van der Waals surface area contributed by atoms with Crippen molar-refractivity contribution in [1.29, 1.82) is 0 Å². The Bertz CT molecular complexity index is 341. The van der Waals surface area contributed by atoms with Gasteiger partial charge < -0.3 is 0 Å². The minimum Gasteiger partial charge on any atom is -0.294 e. The lowest BCUT2D eigenvalue weighted by molar-refractivity contribution is 0.0913. The highest BCUT2D eigenvalue weighted by atomic mass is 79.9. The molecule has 0 saturated carbocycles. The molecule has 0 radical (unpaired) electrons. The maximum atomic E-state index is 12.1. The fourth-order valence-electron chi connectivity index (χ4n) is 1.81. The summed E-state index contributed by atoms with van der Waals surface area (Å²) in [6.45, 7) is 0. The van der Waals surface area contributed by atoms with Crippen molar-refractivity contribution in [3.8, 4) is 0 Å². The first-order valence-electron chi connectivity index (χ1n) is 5.15. The van der Waals surface area contributed by atoms with Gasteiger partial charge in [0.25, 0.3) is 0 Å². The van der Waals surface area contributed by atoms with Crippen LogP contribution in [0.25, 0.3) is 0 Å². The number of hydrogen-bond donors (Lipinski definition) is 0. The predicted molar refractivity (Wildman–Crippen MR) is 68.5 cm³/mol. The Balaban J connectivity index is 2.09. The fraction of sp³-hybridized carbons (Fsp3) is 0.417. The van der Waals surface area contributed by atoms with E-state index in [1.807, 2.05) is 36.0 Å². The van der Waals surface area contributed by atoms with Gasteiger partial charge in [0.05, 0.1) is 0 Å². The van der Waals surface area contributed by atoms with E-state index in [-0.39, 0.29) is 5.92 Å². The van der Waals surface area contributed by atoms with E-state index < -0.39 is 0 Å². The van der Waals surface area contributed by atoms with Crippen LogP contribution in [0.2, 0.25) is 0 Å². The summed E-state index contributed by atoms with van der Waals surface area (Å²) in [6, 6.07) is 7.69. The molecule has 1 heterocycles. The van der Waals surface area contributed by atoms with Gasteiger partial charge >= 0.3 is 0 Å². The molecule has 0 spiro atoms. The van der Waals surface area contributed by atoms with Crippen LogP contribution < -0.4 is 0 Å². The Morgan fingerprint density at radius 2 is 1.80 bits per heavy atom. The van der Waals surface area contributed by atoms with Crippen molar-refractivity contribution in [1.82, 2.24) is 0 Å². The fourth-order valence-corrected chi connectivity index (χ4v) is 3.18. The van der Waals surface area contributed by atoms with E-state index in [4.69, 9.17) is 0 Å². The number of benzene rings is 1. The van der Waals surface area contributed by atoms with Crippen LogP contribution in [0, 0.1) is 5.92 Å². The monoisotopic (exact) mass is 284 g/mol. The van der Waals surface area contributed by atoms with Crippen molar-refractivity contribution in [2.45, 2.75) is 12.8 Å². The number of rotatable bonds is 2. The molecule has 0 amide bonds. The smallest absolute Gasteiger partial charge is 0.166 e. The first kappa shape index (κ1) is 11.2. The molecule has 1 aromatic carbocycles. The maximum Gasteiger partial charge on any atom is 0.166 e. The van der Waals surface area contributed by atoms with E-state index >= 15 is 0 Å². The number of halogens is 1. The van der Waals surface area contributed by atoms with Gasteiger partial charge in [-0.2, -0.15) is 11.8 Å². The summed E-state index contributed by atoms with van der Waals surface area (Å²) >= 11 is 5.33. The van der Waals surface area contributed by atoms with Gasteiger partial charge in [0.1, 0.15) is 0 Å². The van der Waals surface area contributed by atoms with Crippen molar-refractivity contribution < 1.29 is 4.79 Å². The summed E-state index contributed by atoms with van der Waals surface area (Å²) < 4.78 is 1.03. The average molecular weight is 285 g/mol. The number of Topliss-reactive ketones (excluding diaryl/α,β-unsaturated/α-hetero) is 1. The van der Waals surface area contributed by atoms with Crippen LogP contribution in [-0.4, -0.2) is 17.3 Å². The second-order valence-corrected chi connectivity index (χ2v) is 5.90. The molecule has 3 heteroatoms. The minimum absolute atomic E-state index is 0.257. The molecule has 15 heavy (non-hydrogen) atoms. The van der Waals surface area contributed by atoms with Gasteiger partial charge in [-0.3, -0.25) is 4.79 Å². The Morgan fingerprint density at radius 1 is 1.20 bits per heavy atom. The molecule has 0 unspecified atom stereocenters. The summed E-state index contributed by atoms with van der Waals surface area (Å²) in [7, 11) is 0. The lowest BCUT2D eigenvalue weighted by Crippen LogP contribution is -2.19. The third kappa shape index (κ3) is 2.85. The molecule has 0 atom stereocenters. The molecule has 1 aromatic rings. The molecule has 1 aliphatic heterocycles. The zero-order valence-electron chi connectivity index (χ0n) is 8.41. The van der Waals surface area contributed by atoms with Crippen molar-refractivity contribution in [3.63, 3.8) is 0 Å². The van der Waals surface area contributed by atoms with Crippen molar-refractivity contribution in [2.24, 2.45) is 5.92 Å². The van der Waals surface area contributed by atoms with Gasteiger partial charge in [-0.15, -0.1) is 0 Å². The normalized spacial score (nSPS) is 17.7. The highest BCUT2D eigenvalue weighted by Crippen LogP contribution is 2.26. The Labute approximate surface area is 103 Å². The summed E-state index contributed by atoms with van der Waals surface area (Å²) in [5.41, 5.74) is 0.857. The minimum atomic E-state index is 0.257. The van der Waals surface area contributed by atoms with Crippen LogP contribution >= 0.6 is 27.7 Å². The van der Waals surface area contributed by atoms with E-state index in [0.29, 0.717) is 5.78 Å². The second kappa shape index (κ2) is 5.17. The summed E-state index contributed by atoms with van der Waals surface area (Å²) in [6.07, 6.45) is 2.08. The third-order valence-corrected chi connectivity index (χ3v) is 4.30. The Kier molecular flexibility index (Phi) is 3.87. The van der Waals surface area contributed by atoms with Gasteiger partial charge in [0.2, 0.25) is 0 Å². The molecular weight excluding hydrogens is 272 g/mol. The van der Waals surface area contributed by atoms with E-state index in [1.54, 1.807) is 0 Å². The van der Waals surface area contributed by atoms with E-state index in [0.717, 1.165) is 34.4 Å². The summed E-state index contributed by atoms with van der Waals surface area (Å²) in [5.74, 6) is 2.84. The van der Waals surface area contributed by atoms with Crippen molar-refractivity contribution in [2.75, 3.05) is 11.5 Å². The quantitative estimate of drug-likeness (QED) is 0.769. The van der Waals surface area contributed by atoms with Crippen LogP contribution in [0.3, 0.4) is 0 Å². The number of hydrogen-bond acceptors (Lipinski definition) is 2. The molecule has 0 bridgehead atoms. The molecule has 0 N–H and O–H groups in total. The SMILES string of the molecule is O=C(c1ccc(Br)cc1)C1CCSCC1. The lowest BCUT2D eigenvalue weighted by Gasteiger charge is -2.19. The molecule has 1 fully saturated rings.